The monoisotopic (exact) mass is 313 g/mol. The number of anilines is 1. The smallest absolute Gasteiger partial charge is 0.320 e. The second kappa shape index (κ2) is 4.09. The molecule has 3 rings (SSSR count). The summed E-state index contributed by atoms with van der Waals surface area (Å²) in [6, 6.07) is 2.17. The number of benzene rings is 1. The van der Waals surface area contributed by atoms with E-state index in [2.05, 4.69) is 4.99 Å². The predicted octanol–water partition coefficient (Wildman–Crippen LogP) is 1.67. The Kier molecular flexibility index (Phi) is 2.75. The van der Waals surface area contributed by atoms with Gasteiger partial charge in [-0.25, -0.2) is 8.78 Å². The summed E-state index contributed by atoms with van der Waals surface area (Å²) >= 11 is 0.963. The standard InChI is InChI=1S/C13H13F2N3O2S/c1-12(6-2-5(16)3-7(14)9(6)15)8-4-13(8,10(19)20)21-11(17)18-12/h2-3,8H,4,16H2,1H3,(H2,17,18)(H,19,20). The fraction of sp³-hybridized carbons (Fsp3) is 0.385. The summed E-state index contributed by atoms with van der Waals surface area (Å²) < 4.78 is 26.6. The first-order valence-electron chi connectivity index (χ1n) is 6.23. The number of nitrogens with zero attached hydrogens (tertiary/aromatic N) is 1. The molecule has 0 bridgehead atoms. The molecule has 0 radical (unpaired) electrons. The number of amidine groups is 1. The normalized spacial score (nSPS) is 34.0. The van der Waals surface area contributed by atoms with Gasteiger partial charge in [-0.2, -0.15) is 0 Å². The molecule has 1 fully saturated rings. The van der Waals surface area contributed by atoms with E-state index in [9.17, 15) is 18.7 Å². The van der Waals surface area contributed by atoms with Gasteiger partial charge in [0.15, 0.2) is 16.8 Å². The number of nitrogens with two attached hydrogens (primary N) is 2. The van der Waals surface area contributed by atoms with Gasteiger partial charge in [-0.1, -0.05) is 11.8 Å². The Morgan fingerprint density at radius 3 is 2.76 bits per heavy atom. The lowest BCUT2D eigenvalue weighted by atomic mass is 9.85. The van der Waals surface area contributed by atoms with Crippen molar-refractivity contribution < 1.29 is 18.7 Å². The number of carboxylic acids is 1. The van der Waals surface area contributed by atoms with Crippen molar-refractivity contribution in [1.29, 1.82) is 0 Å². The van der Waals surface area contributed by atoms with Gasteiger partial charge < -0.3 is 16.6 Å². The number of rotatable bonds is 2. The Hall–Kier alpha value is -1.83. The molecular weight excluding hydrogens is 300 g/mol. The number of aliphatic imine (C=N–C) groups is 1. The maximum absolute atomic E-state index is 14.2. The molecule has 3 atom stereocenters. The van der Waals surface area contributed by atoms with Crippen LogP contribution in [0.3, 0.4) is 0 Å². The Balaban J connectivity index is 2.18. The van der Waals surface area contributed by atoms with Crippen LogP contribution in [0.4, 0.5) is 14.5 Å². The Bertz CT molecular complexity index is 696. The molecule has 0 saturated heterocycles. The Morgan fingerprint density at radius 2 is 2.14 bits per heavy atom. The molecule has 5 nitrogen and oxygen atoms in total. The Morgan fingerprint density at radius 1 is 1.48 bits per heavy atom. The number of hydrogen-bond donors (Lipinski definition) is 3. The van der Waals surface area contributed by atoms with Crippen molar-refractivity contribution in [2.45, 2.75) is 23.6 Å². The number of halogens is 2. The molecular formula is C13H13F2N3O2S. The summed E-state index contributed by atoms with van der Waals surface area (Å²) in [6.07, 6.45) is 0.295. The van der Waals surface area contributed by atoms with Crippen LogP contribution in [0.5, 0.6) is 0 Å². The van der Waals surface area contributed by atoms with Crippen molar-refractivity contribution in [2.24, 2.45) is 16.6 Å². The maximum Gasteiger partial charge on any atom is 0.320 e. The summed E-state index contributed by atoms with van der Waals surface area (Å²) in [6.45, 7) is 1.56. The minimum atomic E-state index is -1.24. The number of aliphatic carboxylic acids is 1. The molecule has 0 aromatic heterocycles. The first kappa shape index (κ1) is 14.1. The van der Waals surface area contributed by atoms with Gasteiger partial charge in [-0.05, 0) is 25.5 Å². The van der Waals surface area contributed by atoms with Crippen molar-refractivity contribution in [3.8, 4) is 0 Å². The average molecular weight is 313 g/mol. The molecule has 5 N–H and O–H groups in total. The maximum atomic E-state index is 14.2. The van der Waals surface area contributed by atoms with E-state index in [1.807, 2.05) is 0 Å². The number of thioether (sulfide) groups is 1. The van der Waals surface area contributed by atoms with E-state index in [0.29, 0.717) is 6.42 Å². The van der Waals surface area contributed by atoms with Gasteiger partial charge in [0.2, 0.25) is 0 Å². The van der Waals surface area contributed by atoms with Crippen LogP contribution in [0.1, 0.15) is 18.9 Å². The molecule has 1 saturated carbocycles. The van der Waals surface area contributed by atoms with Gasteiger partial charge in [0.1, 0.15) is 4.75 Å². The summed E-state index contributed by atoms with van der Waals surface area (Å²) in [4.78, 5) is 15.7. The highest BCUT2D eigenvalue weighted by atomic mass is 32.2. The van der Waals surface area contributed by atoms with E-state index in [1.54, 1.807) is 6.92 Å². The van der Waals surface area contributed by atoms with Crippen LogP contribution in [0.2, 0.25) is 0 Å². The summed E-state index contributed by atoms with van der Waals surface area (Å²) in [5.74, 6) is -3.64. The molecule has 2 aliphatic rings. The van der Waals surface area contributed by atoms with E-state index in [4.69, 9.17) is 11.5 Å². The van der Waals surface area contributed by atoms with Crippen LogP contribution in [0, 0.1) is 17.6 Å². The van der Waals surface area contributed by atoms with Crippen LogP contribution in [-0.2, 0) is 10.3 Å². The largest absolute Gasteiger partial charge is 0.480 e. The second-order valence-corrected chi connectivity index (χ2v) is 6.87. The first-order chi connectivity index (χ1) is 9.70. The van der Waals surface area contributed by atoms with Gasteiger partial charge in [0, 0.05) is 17.2 Å². The molecule has 8 heteroatoms. The number of nitrogen functional groups attached to an aromatic ring is 1. The van der Waals surface area contributed by atoms with E-state index in [1.165, 1.54) is 6.07 Å². The number of carboxylic acid groups (broad SMARTS) is 1. The first-order valence-corrected chi connectivity index (χ1v) is 7.05. The lowest BCUT2D eigenvalue weighted by molar-refractivity contribution is -0.137. The molecule has 0 amide bonds. The van der Waals surface area contributed by atoms with Crippen molar-refractivity contribution in [3.63, 3.8) is 0 Å². The van der Waals surface area contributed by atoms with E-state index in [0.717, 1.165) is 17.8 Å². The topological polar surface area (TPSA) is 102 Å². The summed E-state index contributed by atoms with van der Waals surface area (Å²) in [5, 5.41) is 9.44. The molecule has 1 aliphatic carbocycles. The van der Waals surface area contributed by atoms with Gasteiger partial charge in [0.25, 0.3) is 0 Å². The molecule has 21 heavy (non-hydrogen) atoms. The minimum absolute atomic E-state index is 0.0517. The summed E-state index contributed by atoms with van der Waals surface area (Å²) in [7, 11) is 0. The fourth-order valence-corrected chi connectivity index (χ4v) is 4.35. The molecule has 112 valence electrons. The van der Waals surface area contributed by atoms with Gasteiger partial charge in [0.05, 0.1) is 5.54 Å². The minimum Gasteiger partial charge on any atom is -0.480 e. The third-order valence-corrected chi connectivity index (χ3v) is 5.47. The van der Waals surface area contributed by atoms with Crippen LogP contribution in [-0.4, -0.2) is 21.0 Å². The van der Waals surface area contributed by atoms with Crippen LogP contribution in [0.25, 0.3) is 0 Å². The van der Waals surface area contributed by atoms with Crippen LogP contribution >= 0.6 is 11.8 Å². The molecule has 1 aromatic rings. The van der Waals surface area contributed by atoms with Gasteiger partial charge >= 0.3 is 5.97 Å². The van der Waals surface area contributed by atoms with Crippen LogP contribution in [0.15, 0.2) is 17.1 Å². The lowest BCUT2D eigenvalue weighted by Gasteiger charge is -2.32. The third-order valence-electron chi connectivity index (χ3n) is 4.18. The molecule has 1 heterocycles. The van der Waals surface area contributed by atoms with Crippen molar-refractivity contribution in [2.75, 3.05) is 5.73 Å². The number of carbonyl (C=O) groups is 1. The van der Waals surface area contributed by atoms with Crippen molar-refractivity contribution >= 4 is 28.6 Å². The number of hydrogen-bond acceptors (Lipinski definition) is 5. The van der Waals surface area contributed by atoms with Gasteiger partial charge in [-0.15, -0.1) is 0 Å². The molecule has 0 spiro atoms. The third kappa shape index (κ3) is 1.81. The SMILES string of the molecule is CC1(c2cc(N)cc(F)c2F)N=C(N)SC2(C(=O)O)CC21. The average Bonchev–Trinajstić information content (AvgIpc) is 3.10. The van der Waals surface area contributed by atoms with E-state index in [-0.39, 0.29) is 16.4 Å². The fourth-order valence-electron chi connectivity index (χ4n) is 3.03. The number of fused-ring (bicyclic) bond motifs is 1. The quantitative estimate of drug-likeness (QED) is 0.721. The van der Waals surface area contributed by atoms with E-state index < -0.39 is 33.8 Å². The lowest BCUT2D eigenvalue weighted by Crippen LogP contribution is -2.39. The van der Waals surface area contributed by atoms with E-state index >= 15 is 0 Å². The Labute approximate surface area is 123 Å². The zero-order valence-corrected chi connectivity index (χ0v) is 11.9. The molecule has 1 aromatic carbocycles. The summed E-state index contributed by atoms with van der Waals surface area (Å²) in [5.41, 5.74) is 10.0. The molecule has 1 aliphatic heterocycles. The zero-order valence-electron chi connectivity index (χ0n) is 11.1. The van der Waals surface area contributed by atoms with Crippen molar-refractivity contribution in [3.05, 3.63) is 29.3 Å². The van der Waals surface area contributed by atoms with Crippen molar-refractivity contribution in [1.82, 2.24) is 0 Å². The highest BCUT2D eigenvalue weighted by Gasteiger charge is 2.71. The predicted molar refractivity (Wildman–Crippen MR) is 75.8 cm³/mol. The zero-order chi connectivity index (χ0) is 15.6. The highest BCUT2D eigenvalue weighted by molar-refractivity contribution is 8.15. The second-order valence-electron chi connectivity index (χ2n) is 5.52. The molecule has 3 unspecified atom stereocenters. The van der Waals surface area contributed by atoms with Crippen LogP contribution < -0.4 is 11.5 Å². The van der Waals surface area contributed by atoms with Gasteiger partial charge in [-0.3, -0.25) is 9.79 Å². The highest BCUT2D eigenvalue weighted by Crippen LogP contribution is 2.66.